The molecule has 0 bridgehead atoms. The van der Waals surface area contributed by atoms with Crippen LogP contribution >= 0.6 is 24.0 Å². The first-order valence-corrected chi connectivity index (χ1v) is 8.73. The van der Waals surface area contributed by atoms with E-state index in [1.807, 2.05) is 39.0 Å². The number of hydrogen-bond donors (Lipinski definition) is 2. The van der Waals surface area contributed by atoms with Crippen molar-refractivity contribution in [1.82, 2.24) is 15.8 Å². The molecule has 150 valence electrons. The summed E-state index contributed by atoms with van der Waals surface area (Å²) >= 11 is 0. The second-order valence-electron chi connectivity index (χ2n) is 5.85. The predicted molar refractivity (Wildman–Crippen MR) is 117 cm³/mol. The van der Waals surface area contributed by atoms with Crippen molar-refractivity contribution in [3.63, 3.8) is 0 Å². The minimum Gasteiger partial charge on any atom is -0.497 e. The van der Waals surface area contributed by atoms with Gasteiger partial charge >= 0.3 is 0 Å². The zero-order chi connectivity index (χ0) is 18.9. The number of aryl methyl sites for hydroxylation is 2. The van der Waals surface area contributed by atoms with Crippen LogP contribution in [-0.2, 0) is 13.0 Å². The number of nitrogens with zero attached hydrogens (tertiary/aromatic N) is 2. The number of hydrogen-bond acceptors (Lipinski definition) is 5. The van der Waals surface area contributed by atoms with E-state index in [-0.39, 0.29) is 24.0 Å². The van der Waals surface area contributed by atoms with Crippen LogP contribution in [0.15, 0.2) is 27.7 Å². The third-order valence-electron chi connectivity index (χ3n) is 4.09. The summed E-state index contributed by atoms with van der Waals surface area (Å²) < 4.78 is 15.9. The number of aliphatic imine (C=N–C) groups is 1. The summed E-state index contributed by atoms with van der Waals surface area (Å²) in [6, 6.07) is 5.74. The summed E-state index contributed by atoms with van der Waals surface area (Å²) in [4.78, 5) is 4.65. The molecule has 0 fully saturated rings. The first kappa shape index (κ1) is 23.1. The summed E-state index contributed by atoms with van der Waals surface area (Å²) in [6.45, 7) is 7.98. The van der Waals surface area contributed by atoms with Crippen molar-refractivity contribution in [3.05, 3.63) is 40.8 Å². The average Bonchev–Trinajstić information content (AvgIpc) is 2.97. The van der Waals surface area contributed by atoms with Crippen molar-refractivity contribution >= 4 is 29.9 Å². The van der Waals surface area contributed by atoms with E-state index < -0.39 is 0 Å². The van der Waals surface area contributed by atoms with Gasteiger partial charge in [0.2, 0.25) is 0 Å². The SMILES string of the molecule is CCNC(=NCc1ccc(OC)cc1OC)NCCc1c(C)noc1C.I. The normalized spacial score (nSPS) is 10.9. The lowest BCUT2D eigenvalue weighted by molar-refractivity contribution is 0.391. The molecule has 0 aliphatic carbocycles. The third kappa shape index (κ3) is 6.60. The van der Waals surface area contributed by atoms with Gasteiger partial charge in [-0.2, -0.15) is 0 Å². The maximum Gasteiger partial charge on any atom is 0.191 e. The van der Waals surface area contributed by atoms with Crippen molar-refractivity contribution in [2.24, 2.45) is 4.99 Å². The van der Waals surface area contributed by atoms with E-state index in [4.69, 9.17) is 14.0 Å². The van der Waals surface area contributed by atoms with Crippen molar-refractivity contribution in [1.29, 1.82) is 0 Å². The molecule has 1 heterocycles. The molecule has 0 saturated heterocycles. The number of rotatable bonds is 8. The Hall–Kier alpha value is -1.97. The van der Waals surface area contributed by atoms with Crippen LogP contribution in [0.5, 0.6) is 11.5 Å². The van der Waals surface area contributed by atoms with Gasteiger partial charge in [0, 0.05) is 30.3 Å². The Kier molecular flexibility index (Phi) is 9.98. The van der Waals surface area contributed by atoms with Crippen LogP contribution in [0, 0.1) is 13.8 Å². The standard InChI is InChI=1S/C19H28N4O3.HI/c1-6-20-19(21-10-9-17-13(2)23-26-14(17)3)22-12-15-7-8-16(24-4)11-18(15)25-5;/h7-8,11H,6,9-10,12H2,1-5H3,(H2,20,21,22);1H. The van der Waals surface area contributed by atoms with Crippen molar-refractivity contribution in [2.45, 2.75) is 33.7 Å². The van der Waals surface area contributed by atoms with E-state index in [9.17, 15) is 0 Å². The average molecular weight is 488 g/mol. The second-order valence-corrected chi connectivity index (χ2v) is 5.85. The van der Waals surface area contributed by atoms with E-state index in [1.165, 1.54) is 0 Å². The fourth-order valence-corrected chi connectivity index (χ4v) is 2.65. The van der Waals surface area contributed by atoms with Crippen molar-refractivity contribution in [2.75, 3.05) is 27.3 Å². The molecule has 27 heavy (non-hydrogen) atoms. The molecule has 1 aromatic heterocycles. The molecule has 0 unspecified atom stereocenters. The van der Waals surface area contributed by atoms with E-state index in [0.29, 0.717) is 6.54 Å². The van der Waals surface area contributed by atoms with Crippen molar-refractivity contribution in [3.8, 4) is 11.5 Å². The van der Waals surface area contributed by atoms with Gasteiger partial charge in [-0.25, -0.2) is 4.99 Å². The van der Waals surface area contributed by atoms with Gasteiger partial charge in [-0.1, -0.05) is 5.16 Å². The Morgan fingerprint density at radius 3 is 2.56 bits per heavy atom. The summed E-state index contributed by atoms with van der Waals surface area (Å²) in [6.07, 6.45) is 0.831. The number of aromatic nitrogens is 1. The number of methoxy groups -OCH3 is 2. The zero-order valence-electron chi connectivity index (χ0n) is 16.6. The summed E-state index contributed by atoms with van der Waals surface area (Å²) in [7, 11) is 3.29. The molecular formula is C19H29IN4O3. The van der Waals surface area contributed by atoms with Gasteiger partial charge in [0.15, 0.2) is 5.96 Å². The van der Waals surface area contributed by atoms with Crippen LogP contribution in [0.25, 0.3) is 0 Å². The molecule has 2 N–H and O–H groups in total. The Bertz CT molecular complexity index is 727. The van der Waals surface area contributed by atoms with Crippen LogP contribution in [0.1, 0.15) is 29.5 Å². The van der Waals surface area contributed by atoms with Crippen LogP contribution in [0.2, 0.25) is 0 Å². The monoisotopic (exact) mass is 488 g/mol. The molecule has 0 spiro atoms. The molecule has 0 radical (unpaired) electrons. The first-order chi connectivity index (χ1) is 12.6. The van der Waals surface area contributed by atoms with Crippen LogP contribution in [0.4, 0.5) is 0 Å². The highest BCUT2D eigenvalue weighted by molar-refractivity contribution is 14.0. The Morgan fingerprint density at radius 1 is 1.19 bits per heavy atom. The highest BCUT2D eigenvalue weighted by atomic mass is 127. The van der Waals surface area contributed by atoms with Crippen LogP contribution in [0.3, 0.4) is 0 Å². The smallest absolute Gasteiger partial charge is 0.191 e. The summed E-state index contributed by atoms with van der Waals surface area (Å²) in [5.41, 5.74) is 3.08. The van der Waals surface area contributed by atoms with Gasteiger partial charge in [-0.05, 0) is 39.3 Å². The molecule has 0 aliphatic rings. The fourth-order valence-electron chi connectivity index (χ4n) is 2.65. The maximum absolute atomic E-state index is 5.43. The number of nitrogens with one attached hydrogen (secondary N) is 2. The van der Waals surface area contributed by atoms with Gasteiger partial charge < -0.3 is 24.6 Å². The molecular weight excluding hydrogens is 459 g/mol. The topological polar surface area (TPSA) is 80.9 Å². The van der Waals surface area contributed by atoms with Gasteiger partial charge in [0.05, 0.1) is 26.5 Å². The van der Waals surface area contributed by atoms with E-state index in [1.54, 1.807) is 14.2 Å². The minimum atomic E-state index is 0. The fraction of sp³-hybridized carbons (Fsp3) is 0.474. The van der Waals surface area contributed by atoms with Gasteiger partial charge in [-0.3, -0.25) is 0 Å². The number of ether oxygens (including phenoxy) is 2. The molecule has 0 amide bonds. The minimum absolute atomic E-state index is 0. The number of benzene rings is 1. The number of halogens is 1. The second kappa shape index (κ2) is 11.7. The Balaban J connectivity index is 0.00000364. The molecule has 0 atom stereocenters. The Morgan fingerprint density at radius 2 is 1.96 bits per heavy atom. The van der Waals surface area contributed by atoms with Gasteiger partial charge in [-0.15, -0.1) is 24.0 Å². The molecule has 7 nitrogen and oxygen atoms in total. The highest BCUT2D eigenvalue weighted by Gasteiger charge is 2.09. The highest BCUT2D eigenvalue weighted by Crippen LogP contribution is 2.25. The number of guanidine groups is 1. The quantitative estimate of drug-likeness (QED) is 0.338. The van der Waals surface area contributed by atoms with Crippen LogP contribution < -0.4 is 20.1 Å². The lowest BCUT2D eigenvalue weighted by Gasteiger charge is -2.12. The van der Waals surface area contributed by atoms with E-state index in [2.05, 4.69) is 20.8 Å². The third-order valence-corrected chi connectivity index (χ3v) is 4.09. The van der Waals surface area contributed by atoms with E-state index >= 15 is 0 Å². The van der Waals surface area contributed by atoms with Gasteiger partial charge in [0.25, 0.3) is 0 Å². The summed E-state index contributed by atoms with van der Waals surface area (Å²) in [5, 5.41) is 10.6. The largest absolute Gasteiger partial charge is 0.497 e. The van der Waals surface area contributed by atoms with Gasteiger partial charge in [0.1, 0.15) is 17.3 Å². The molecule has 2 rings (SSSR count). The molecule has 8 heteroatoms. The molecule has 0 saturated carbocycles. The molecule has 1 aromatic carbocycles. The molecule has 0 aliphatic heterocycles. The van der Waals surface area contributed by atoms with Crippen molar-refractivity contribution < 1.29 is 14.0 Å². The first-order valence-electron chi connectivity index (χ1n) is 8.73. The zero-order valence-corrected chi connectivity index (χ0v) is 18.9. The summed E-state index contributed by atoms with van der Waals surface area (Å²) in [5.74, 6) is 3.16. The van der Waals surface area contributed by atoms with E-state index in [0.717, 1.165) is 59.5 Å². The molecule has 2 aromatic rings. The Labute approximate surface area is 177 Å². The predicted octanol–water partition coefficient (Wildman–Crippen LogP) is 3.22. The lowest BCUT2D eigenvalue weighted by Crippen LogP contribution is -2.38. The lowest BCUT2D eigenvalue weighted by atomic mass is 10.1. The van der Waals surface area contributed by atoms with Crippen LogP contribution in [-0.4, -0.2) is 38.4 Å². The maximum atomic E-state index is 5.43.